The van der Waals surface area contributed by atoms with Crippen molar-refractivity contribution in [2.75, 3.05) is 61.1 Å². The Kier molecular flexibility index (Phi) is 7.36. The summed E-state index contributed by atoms with van der Waals surface area (Å²) in [5, 5.41) is 0. The molecule has 0 aliphatic carbocycles. The standard InChI is InChI=1S/C25H33N3O6S2/c1-18-5-8-23(19(2)15-18)26-10-12-27(13-11-26)25(29)22-7-6-20(16-24(22)35(4,30)31)28-21(17-34-3)9-14-36(28,32)33/h5-8,15-16,21H,9-14,17H2,1-4H3/t21-/m0/s1. The highest BCUT2D eigenvalue weighted by molar-refractivity contribution is 7.93. The summed E-state index contributed by atoms with van der Waals surface area (Å²) < 4.78 is 57.2. The number of hydrogen-bond donors (Lipinski definition) is 0. The molecule has 2 aromatic carbocycles. The summed E-state index contributed by atoms with van der Waals surface area (Å²) in [5.74, 6) is -0.416. The maximum absolute atomic E-state index is 13.4. The number of piperazine rings is 1. The molecule has 2 fully saturated rings. The van der Waals surface area contributed by atoms with E-state index in [1.807, 2.05) is 0 Å². The van der Waals surface area contributed by atoms with Crippen LogP contribution in [0.1, 0.15) is 27.9 Å². The number of hydrogen-bond acceptors (Lipinski definition) is 7. The number of benzene rings is 2. The Balaban J connectivity index is 1.59. The first-order valence-corrected chi connectivity index (χ1v) is 15.4. The normalized spacial score (nSPS) is 20.1. The van der Waals surface area contributed by atoms with Gasteiger partial charge in [-0.25, -0.2) is 16.8 Å². The Morgan fingerprint density at radius 2 is 1.75 bits per heavy atom. The van der Waals surface area contributed by atoms with Crippen LogP contribution in [0.15, 0.2) is 41.3 Å². The fourth-order valence-electron chi connectivity index (χ4n) is 5.06. The van der Waals surface area contributed by atoms with Gasteiger partial charge >= 0.3 is 0 Å². The second kappa shape index (κ2) is 10.0. The molecule has 36 heavy (non-hydrogen) atoms. The molecular weight excluding hydrogens is 502 g/mol. The molecule has 2 aromatic rings. The number of carbonyl (C=O) groups excluding carboxylic acids is 1. The first kappa shape index (κ1) is 26.4. The Hall–Kier alpha value is -2.63. The summed E-state index contributed by atoms with van der Waals surface area (Å²) in [7, 11) is -5.93. The average molecular weight is 536 g/mol. The van der Waals surface area contributed by atoms with Crippen molar-refractivity contribution < 1.29 is 26.4 Å². The van der Waals surface area contributed by atoms with Crippen LogP contribution in [0.5, 0.6) is 0 Å². The van der Waals surface area contributed by atoms with Gasteiger partial charge in [0.15, 0.2) is 9.84 Å². The number of carbonyl (C=O) groups is 1. The van der Waals surface area contributed by atoms with E-state index in [1.165, 1.54) is 40.7 Å². The van der Waals surface area contributed by atoms with Gasteiger partial charge in [-0.1, -0.05) is 17.7 Å². The largest absolute Gasteiger partial charge is 0.383 e. The summed E-state index contributed by atoms with van der Waals surface area (Å²) in [4.78, 5) is 17.2. The van der Waals surface area contributed by atoms with Crippen molar-refractivity contribution in [3.63, 3.8) is 0 Å². The molecule has 0 unspecified atom stereocenters. The van der Waals surface area contributed by atoms with Gasteiger partial charge in [0.1, 0.15) is 0 Å². The summed E-state index contributed by atoms with van der Waals surface area (Å²) in [6.07, 6.45) is 1.42. The van der Waals surface area contributed by atoms with Gasteiger partial charge in [0.05, 0.1) is 34.5 Å². The Morgan fingerprint density at radius 3 is 2.36 bits per heavy atom. The lowest BCUT2D eigenvalue weighted by atomic mass is 10.1. The molecule has 0 spiro atoms. The third kappa shape index (κ3) is 5.23. The van der Waals surface area contributed by atoms with E-state index >= 15 is 0 Å². The number of aryl methyl sites for hydroxylation is 2. The number of amides is 1. The van der Waals surface area contributed by atoms with E-state index in [0.29, 0.717) is 32.6 Å². The maximum atomic E-state index is 13.4. The molecule has 196 valence electrons. The minimum Gasteiger partial charge on any atom is -0.383 e. The third-order valence-corrected chi connectivity index (χ3v) is 9.81. The molecule has 0 aromatic heterocycles. The number of ether oxygens (including phenoxy) is 1. The van der Waals surface area contributed by atoms with Crippen molar-refractivity contribution in [2.24, 2.45) is 0 Å². The average Bonchev–Trinajstić information content (AvgIpc) is 3.12. The molecule has 2 aliphatic rings. The van der Waals surface area contributed by atoms with Crippen LogP contribution < -0.4 is 9.21 Å². The zero-order valence-corrected chi connectivity index (χ0v) is 22.7. The third-order valence-electron chi connectivity index (χ3n) is 6.81. The number of rotatable bonds is 6. The van der Waals surface area contributed by atoms with E-state index in [2.05, 4.69) is 36.9 Å². The van der Waals surface area contributed by atoms with Crippen molar-refractivity contribution >= 4 is 37.1 Å². The summed E-state index contributed by atoms with van der Waals surface area (Å²) in [6.45, 7) is 6.48. The van der Waals surface area contributed by atoms with Gasteiger partial charge in [0.2, 0.25) is 10.0 Å². The first-order chi connectivity index (χ1) is 16.9. The van der Waals surface area contributed by atoms with E-state index in [9.17, 15) is 21.6 Å². The van der Waals surface area contributed by atoms with E-state index < -0.39 is 25.9 Å². The Bertz CT molecular complexity index is 1370. The van der Waals surface area contributed by atoms with E-state index in [1.54, 1.807) is 4.90 Å². The Labute approximate surface area is 213 Å². The van der Waals surface area contributed by atoms with Crippen molar-refractivity contribution in [2.45, 2.75) is 31.2 Å². The quantitative estimate of drug-likeness (QED) is 0.559. The van der Waals surface area contributed by atoms with Crippen molar-refractivity contribution in [1.29, 1.82) is 0 Å². The highest BCUT2D eigenvalue weighted by Crippen LogP contribution is 2.33. The first-order valence-electron chi connectivity index (χ1n) is 11.9. The zero-order valence-electron chi connectivity index (χ0n) is 21.1. The summed E-state index contributed by atoms with van der Waals surface area (Å²) in [5.41, 5.74) is 3.78. The molecule has 0 radical (unpaired) electrons. The highest BCUT2D eigenvalue weighted by Gasteiger charge is 2.38. The summed E-state index contributed by atoms with van der Waals surface area (Å²) in [6, 6.07) is 10.1. The number of sulfonamides is 1. The van der Waals surface area contributed by atoms with Crippen LogP contribution in [0.2, 0.25) is 0 Å². The topological polar surface area (TPSA) is 104 Å². The van der Waals surface area contributed by atoms with Crippen LogP contribution >= 0.6 is 0 Å². The fourth-order valence-corrected chi connectivity index (χ4v) is 7.77. The number of sulfone groups is 1. The molecule has 0 saturated carbocycles. The summed E-state index contributed by atoms with van der Waals surface area (Å²) >= 11 is 0. The SMILES string of the molecule is COC[C@@H]1CCS(=O)(=O)N1c1ccc(C(=O)N2CCN(c3ccc(C)cc3C)CC2)c(S(C)(=O)=O)c1. The van der Waals surface area contributed by atoms with E-state index in [-0.39, 0.29) is 34.4 Å². The maximum Gasteiger partial charge on any atom is 0.255 e. The van der Waals surface area contributed by atoms with Crippen LogP contribution in [0.3, 0.4) is 0 Å². The number of nitrogens with zero attached hydrogens (tertiary/aromatic N) is 3. The van der Waals surface area contributed by atoms with Gasteiger partial charge in [-0.15, -0.1) is 0 Å². The second-order valence-corrected chi connectivity index (χ2v) is 13.5. The number of methoxy groups -OCH3 is 1. The highest BCUT2D eigenvalue weighted by atomic mass is 32.2. The van der Waals surface area contributed by atoms with E-state index in [0.717, 1.165) is 11.9 Å². The number of anilines is 2. The molecule has 1 amide bonds. The fraction of sp³-hybridized carbons (Fsp3) is 0.480. The van der Waals surface area contributed by atoms with Gasteiger partial charge in [0, 0.05) is 45.2 Å². The minimum absolute atomic E-state index is 0.0410. The zero-order chi connectivity index (χ0) is 26.3. The van der Waals surface area contributed by atoms with Gasteiger partial charge in [-0.3, -0.25) is 9.10 Å². The molecular formula is C25H33N3O6S2. The smallest absolute Gasteiger partial charge is 0.255 e. The molecule has 11 heteroatoms. The second-order valence-electron chi connectivity index (χ2n) is 9.53. The lowest BCUT2D eigenvalue weighted by Gasteiger charge is -2.37. The van der Waals surface area contributed by atoms with E-state index in [4.69, 9.17) is 4.74 Å². The lowest BCUT2D eigenvalue weighted by Crippen LogP contribution is -2.49. The van der Waals surface area contributed by atoms with Gasteiger partial charge < -0.3 is 14.5 Å². The predicted octanol–water partition coefficient (Wildman–Crippen LogP) is 2.22. The van der Waals surface area contributed by atoms with Crippen LogP contribution in [-0.2, 0) is 24.6 Å². The van der Waals surface area contributed by atoms with Gasteiger partial charge in [-0.05, 0) is 50.1 Å². The van der Waals surface area contributed by atoms with Gasteiger partial charge in [-0.2, -0.15) is 0 Å². The predicted molar refractivity (Wildman–Crippen MR) is 140 cm³/mol. The van der Waals surface area contributed by atoms with Crippen molar-refractivity contribution in [3.05, 3.63) is 53.1 Å². The molecule has 2 aliphatic heterocycles. The van der Waals surface area contributed by atoms with Crippen molar-refractivity contribution in [1.82, 2.24) is 4.90 Å². The monoisotopic (exact) mass is 535 g/mol. The molecule has 2 saturated heterocycles. The van der Waals surface area contributed by atoms with Crippen LogP contribution in [0.4, 0.5) is 11.4 Å². The molecule has 0 N–H and O–H groups in total. The molecule has 0 bridgehead atoms. The van der Waals surface area contributed by atoms with Crippen LogP contribution in [0.25, 0.3) is 0 Å². The lowest BCUT2D eigenvalue weighted by molar-refractivity contribution is 0.0743. The van der Waals surface area contributed by atoms with Crippen molar-refractivity contribution in [3.8, 4) is 0 Å². The molecule has 2 heterocycles. The molecule has 4 rings (SSSR count). The minimum atomic E-state index is -3.81. The van der Waals surface area contributed by atoms with Gasteiger partial charge in [0.25, 0.3) is 5.91 Å². The molecule has 9 nitrogen and oxygen atoms in total. The van der Waals surface area contributed by atoms with Crippen LogP contribution in [0, 0.1) is 13.8 Å². The Morgan fingerprint density at radius 1 is 1.06 bits per heavy atom. The van der Waals surface area contributed by atoms with Crippen LogP contribution in [-0.4, -0.2) is 85.6 Å². The molecule has 1 atom stereocenters.